The van der Waals surface area contributed by atoms with Gasteiger partial charge in [-0.2, -0.15) is 0 Å². The summed E-state index contributed by atoms with van der Waals surface area (Å²) in [6.45, 7) is 2.84. The van der Waals surface area contributed by atoms with Crippen molar-refractivity contribution in [3.05, 3.63) is 0 Å². The molecule has 0 radical (unpaired) electrons. The molecule has 0 aliphatic carbocycles. The number of hydrogen-bond donors (Lipinski definition) is 4. The highest BCUT2D eigenvalue weighted by Gasteiger charge is 2.00. The minimum Gasteiger partial charge on any atom is -0.480 e. The monoisotopic (exact) mass is 250 g/mol. The van der Waals surface area contributed by atoms with Crippen molar-refractivity contribution in [2.45, 2.75) is 25.9 Å². The molecule has 0 aromatic carbocycles. The summed E-state index contributed by atoms with van der Waals surface area (Å²) in [5.74, 6) is -1.93. The fourth-order valence-electron chi connectivity index (χ4n) is 0. The van der Waals surface area contributed by atoms with E-state index in [0.29, 0.717) is 0 Å². The van der Waals surface area contributed by atoms with Crippen LogP contribution in [0.2, 0.25) is 0 Å². The van der Waals surface area contributed by atoms with Gasteiger partial charge in [0, 0.05) is 0 Å². The Morgan fingerprint density at radius 2 is 1.00 bits per heavy atom. The second-order valence-electron chi connectivity index (χ2n) is 2.25. The van der Waals surface area contributed by atoms with Crippen molar-refractivity contribution in [2.24, 2.45) is 11.5 Å². The van der Waals surface area contributed by atoms with Gasteiger partial charge in [0.2, 0.25) is 0 Å². The van der Waals surface area contributed by atoms with Gasteiger partial charge in [-0.25, -0.2) is 0 Å². The van der Waals surface area contributed by atoms with Gasteiger partial charge >= 0.3 is 11.9 Å². The normalized spacial score (nSPS) is 11.7. The molecule has 0 aliphatic heterocycles. The summed E-state index contributed by atoms with van der Waals surface area (Å²) in [6.07, 6.45) is 0. The van der Waals surface area contributed by atoms with Crippen molar-refractivity contribution in [1.82, 2.24) is 0 Å². The van der Waals surface area contributed by atoms with Gasteiger partial charge in [-0.1, -0.05) is 0 Å². The summed E-state index contributed by atoms with van der Waals surface area (Å²) in [6, 6.07) is -1.46. The van der Waals surface area contributed by atoms with Crippen LogP contribution in [0.4, 0.5) is 0 Å². The Morgan fingerprint density at radius 3 is 1.00 bits per heavy atom. The first kappa shape index (κ1) is 23.3. The van der Waals surface area contributed by atoms with E-state index in [1.54, 1.807) is 0 Å². The SMILES string of the molecule is CC(N)C(=O)O.CC(N)C(=O)O.Cl.Cl. The zero-order chi connectivity index (χ0) is 10.3. The molecule has 0 fully saturated rings. The lowest BCUT2D eigenvalue weighted by atomic mass is 10.4. The Kier molecular flexibility index (Phi) is 20.7. The number of halogens is 2. The molecule has 6 N–H and O–H groups in total. The van der Waals surface area contributed by atoms with E-state index in [2.05, 4.69) is 0 Å². The maximum atomic E-state index is 9.57. The smallest absolute Gasteiger partial charge is 0.320 e. The number of carboxylic acids is 2. The van der Waals surface area contributed by atoms with Crippen molar-refractivity contribution in [1.29, 1.82) is 0 Å². The average Bonchev–Trinajstić information content (AvgIpc) is 1.88. The van der Waals surface area contributed by atoms with Crippen LogP contribution >= 0.6 is 24.8 Å². The van der Waals surface area contributed by atoms with E-state index in [-0.39, 0.29) is 24.8 Å². The van der Waals surface area contributed by atoms with E-state index in [4.69, 9.17) is 21.7 Å². The molecule has 0 saturated carbocycles. The molecule has 0 spiro atoms. The van der Waals surface area contributed by atoms with Crippen molar-refractivity contribution in [2.75, 3.05) is 0 Å². The zero-order valence-corrected chi connectivity index (χ0v) is 9.47. The standard InChI is InChI=1S/2C3H7NO2.2ClH/c2*1-2(4)3(5)6;;/h2*2H,4H2,1H3,(H,5,6);2*1H. The third-order valence-corrected chi connectivity index (χ3v) is 0.779. The molecule has 0 amide bonds. The van der Waals surface area contributed by atoms with E-state index in [0.717, 1.165) is 0 Å². The van der Waals surface area contributed by atoms with E-state index >= 15 is 0 Å². The van der Waals surface area contributed by atoms with Crippen molar-refractivity contribution in [3.63, 3.8) is 0 Å². The molecule has 0 aromatic rings. The first-order valence-corrected chi connectivity index (χ1v) is 3.25. The Labute approximate surface area is 94.5 Å². The van der Waals surface area contributed by atoms with Crippen LogP contribution in [-0.4, -0.2) is 34.2 Å². The predicted octanol–water partition coefficient (Wildman–Crippen LogP) is -0.320. The highest BCUT2D eigenvalue weighted by molar-refractivity contribution is 5.85. The van der Waals surface area contributed by atoms with Gasteiger partial charge < -0.3 is 21.7 Å². The maximum Gasteiger partial charge on any atom is 0.320 e. The van der Waals surface area contributed by atoms with Crippen LogP contribution in [-0.2, 0) is 9.59 Å². The van der Waals surface area contributed by atoms with Crippen LogP contribution in [0.3, 0.4) is 0 Å². The van der Waals surface area contributed by atoms with E-state index in [9.17, 15) is 9.59 Å². The molecule has 2 atom stereocenters. The molecule has 0 rings (SSSR count). The molecule has 88 valence electrons. The van der Waals surface area contributed by atoms with Crippen LogP contribution in [0.1, 0.15) is 13.8 Å². The molecule has 0 aliphatic rings. The Morgan fingerprint density at radius 1 is 0.929 bits per heavy atom. The van der Waals surface area contributed by atoms with Crippen LogP contribution in [0.25, 0.3) is 0 Å². The fraction of sp³-hybridized carbons (Fsp3) is 0.667. The molecule has 8 heteroatoms. The second kappa shape index (κ2) is 12.4. The first-order valence-electron chi connectivity index (χ1n) is 3.25. The molecule has 6 nitrogen and oxygen atoms in total. The largest absolute Gasteiger partial charge is 0.480 e. The number of carboxylic acid groups (broad SMARTS) is 2. The minimum atomic E-state index is -0.963. The predicted molar refractivity (Wildman–Crippen MR) is 57.1 cm³/mol. The Balaban J connectivity index is -0.0000000625. The van der Waals surface area contributed by atoms with Crippen LogP contribution < -0.4 is 11.5 Å². The number of aliphatic carboxylic acids is 2. The fourth-order valence-corrected chi connectivity index (χ4v) is 0. The summed E-state index contributed by atoms with van der Waals surface area (Å²) < 4.78 is 0. The Hall–Kier alpha value is -0.560. The molecular weight excluding hydrogens is 235 g/mol. The summed E-state index contributed by atoms with van der Waals surface area (Å²) >= 11 is 0. The molecule has 0 heterocycles. The van der Waals surface area contributed by atoms with Gasteiger partial charge in [0.1, 0.15) is 12.1 Å². The molecule has 0 aromatic heterocycles. The zero-order valence-electron chi connectivity index (χ0n) is 7.84. The summed E-state index contributed by atoms with van der Waals surface area (Å²) in [7, 11) is 0. The molecule has 2 unspecified atom stereocenters. The van der Waals surface area contributed by atoms with Gasteiger partial charge in [-0.05, 0) is 13.8 Å². The highest BCUT2D eigenvalue weighted by Crippen LogP contribution is 1.68. The second-order valence-corrected chi connectivity index (χ2v) is 2.25. The third kappa shape index (κ3) is 22.5. The highest BCUT2D eigenvalue weighted by atomic mass is 35.5. The molecule has 0 bridgehead atoms. The third-order valence-electron chi connectivity index (χ3n) is 0.779. The van der Waals surface area contributed by atoms with E-state index in [1.165, 1.54) is 13.8 Å². The summed E-state index contributed by atoms with van der Waals surface area (Å²) in [4.78, 5) is 19.1. The van der Waals surface area contributed by atoms with Crippen molar-refractivity contribution >= 4 is 36.8 Å². The van der Waals surface area contributed by atoms with Crippen LogP contribution in [0.5, 0.6) is 0 Å². The van der Waals surface area contributed by atoms with Crippen LogP contribution in [0.15, 0.2) is 0 Å². The first-order chi connectivity index (χ1) is 5.29. The Bertz CT molecular complexity index is 146. The number of nitrogens with two attached hydrogens (primary N) is 2. The summed E-state index contributed by atoms with van der Waals surface area (Å²) in [5.41, 5.74) is 9.67. The average molecular weight is 251 g/mol. The molecular formula is C6H16Cl2N2O4. The topological polar surface area (TPSA) is 127 Å². The lowest BCUT2D eigenvalue weighted by Crippen LogP contribution is -2.25. The van der Waals surface area contributed by atoms with Crippen LogP contribution in [0, 0.1) is 0 Å². The van der Waals surface area contributed by atoms with Gasteiger partial charge in [0.25, 0.3) is 0 Å². The maximum absolute atomic E-state index is 9.57. The number of hydrogen-bond acceptors (Lipinski definition) is 4. The number of carbonyl (C=O) groups is 2. The van der Waals surface area contributed by atoms with E-state index in [1.807, 2.05) is 0 Å². The number of rotatable bonds is 2. The van der Waals surface area contributed by atoms with Gasteiger partial charge in [-0.15, -0.1) is 24.8 Å². The lowest BCUT2D eigenvalue weighted by Gasteiger charge is -1.90. The van der Waals surface area contributed by atoms with Gasteiger partial charge in [0.05, 0.1) is 0 Å². The lowest BCUT2D eigenvalue weighted by molar-refractivity contribution is -0.139. The van der Waals surface area contributed by atoms with Crippen molar-refractivity contribution in [3.8, 4) is 0 Å². The minimum absolute atomic E-state index is 0. The van der Waals surface area contributed by atoms with Gasteiger partial charge in [0.15, 0.2) is 0 Å². The summed E-state index contributed by atoms with van der Waals surface area (Å²) in [5, 5.41) is 15.7. The molecule has 14 heavy (non-hydrogen) atoms. The van der Waals surface area contributed by atoms with E-state index < -0.39 is 24.0 Å². The van der Waals surface area contributed by atoms with Crippen molar-refractivity contribution < 1.29 is 19.8 Å². The van der Waals surface area contributed by atoms with Gasteiger partial charge in [-0.3, -0.25) is 9.59 Å². The molecule has 0 saturated heterocycles. The quantitative estimate of drug-likeness (QED) is 0.532.